The lowest BCUT2D eigenvalue weighted by atomic mass is 9.94. The Kier molecular flexibility index (Phi) is 3.19. The van der Waals surface area contributed by atoms with Gasteiger partial charge in [0.25, 0.3) is 0 Å². The van der Waals surface area contributed by atoms with E-state index in [2.05, 4.69) is 15.3 Å². The zero-order valence-electron chi connectivity index (χ0n) is 10.2. The first-order valence-electron chi connectivity index (χ1n) is 6.44. The van der Waals surface area contributed by atoms with Crippen LogP contribution in [0.5, 0.6) is 0 Å². The minimum absolute atomic E-state index is 0.263. The monoisotopic (exact) mass is 245 g/mol. The number of fused-ring (bicyclic) bond motifs is 1. The summed E-state index contributed by atoms with van der Waals surface area (Å²) in [6.45, 7) is 2.12. The second-order valence-electron chi connectivity index (χ2n) is 4.86. The van der Waals surface area contributed by atoms with Crippen molar-refractivity contribution in [3.63, 3.8) is 0 Å². The highest BCUT2D eigenvalue weighted by Gasteiger charge is 2.15. The maximum Gasteiger partial charge on any atom is 0.149 e. The number of hydrogen-bond acceptors (Lipinski definition) is 3. The number of halogens is 1. The van der Waals surface area contributed by atoms with E-state index >= 15 is 0 Å². The quantitative estimate of drug-likeness (QED) is 0.882. The van der Waals surface area contributed by atoms with Crippen LogP contribution in [-0.4, -0.2) is 23.1 Å². The van der Waals surface area contributed by atoms with Crippen LogP contribution in [0.25, 0.3) is 10.9 Å². The molecule has 0 atom stereocenters. The van der Waals surface area contributed by atoms with Crippen molar-refractivity contribution in [1.29, 1.82) is 0 Å². The molecule has 0 saturated carbocycles. The van der Waals surface area contributed by atoms with Gasteiger partial charge in [-0.1, -0.05) is 12.1 Å². The van der Waals surface area contributed by atoms with Gasteiger partial charge in [0, 0.05) is 18.0 Å². The number of piperidine rings is 1. The molecule has 1 aromatic carbocycles. The van der Waals surface area contributed by atoms with E-state index in [-0.39, 0.29) is 5.82 Å². The maximum atomic E-state index is 13.6. The highest BCUT2D eigenvalue weighted by molar-refractivity contribution is 5.77. The van der Waals surface area contributed by atoms with Crippen molar-refractivity contribution in [3.8, 4) is 0 Å². The average molecular weight is 245 g/mol. The smallest absolute Gasteiger partial charge is 0.149 e. The van der Waals surface area contributed by atoms with Crippen LogP contribution in [0.1, 0.15) is 18.7 Å². The van der Waals surface area contributed by atoms with Crippen LogP contribution in [0.3, 0.4) is 0 Å². The molecular formula is C14H16FN3. The first-order valence-corrected chi connectivity index (χ1v) is 6.44. The second-order valence-corrected chi connectivity index (χ2v) is 4.86. The molecule has 18 heavy (non-hydrogen) atoms. The van der Waals surface area contributed by atoms with Crippen molar-refractivity contribution in [2.75, 3.05) is 13.1 Å². The average Bonchev–Trinajstić information content (AvgIpc) is 2.41. The number of nitrogens with one attached hydrogen (secondary N) is 1. The highest BCUT2D eigenvalue weighted by atomic mass is 19.1. The van der Waals surface area contributed by atoms with Gasteiger partial charge in [-0.05, 0) is 37.9 Å². The summed E-state index contributed by atoms with van der Waals surface area (Å²) in [6, 6.07) is 4.98. The van der Waals surface area contributed by atoms with E-state index in [0.29, 0.717) is 11.4 Å². The zero-order chi connectivity index (χ0) is 12.4. The fourth-order valence-electron chi connectivity index (χ4n) is 2.50. The predicted molar refractivity (Wildman–Crippen MR) is 68.8 cm³/mol. The Morgan fingerprint density at radius 3 is 2.94 bits per heavy atom. The first-order chi connectivity index (χ1) is 8.83. The standard InChI is InChI=1S/C14H16FN3/c15-12-3-1-2-11-9-17-13(18-14(11)12)8-10-4-6-16-7-5-10/h1-3,9-10,16H,4-8H2. The van der Waals surface area contributed by atoms with E-state index in [0.717, 1.165) is 43.6 Å². The molecular weight excluding hydrogens is 229 g/mol. The highest BCUT2D eigenvalue weighted by Crippen LogP contribution is 2.19. The Balaban J connectivity index is 1.86. The summed E-state index contributed by atoms with van der Waals surface area (Å²) in [4.78, 5) is 8.71. The molecule has 94 valence electrons. The number of hydrogen-bond donors (Lipinski definition) is 1. The summed E-state index contributed by atoms with van der Waals surface area (Å²) in [5.74, 6) is 1.12. The van der Waals surface area contributed by atoms with Crippen LogP contribution >= 0.6 is 0 Å². The van der Waals surface area contributed by atoms with Gasteiger partial charge in [0.15, 0.2) is 0 Å². The zero-order valence-corrected chi connectivity index (χ0v) is 10.2. The molecule has 0 unspecified atom stereocenters. The summed E-state index contributed by atoms with van der Waals surface area (Å²) in [7, 11) is 0. The Bertz CT molecular complexity index is 550. The van der Waals surface area contributed by atoms with Crippen molar-refractivity contribution in [2.45, 2.75) is 19.3 Å². The van der Waals surface area contributed by atoms with Gasteiger partial charge in [-0.3, -0.25) is 0 Å². The van der Waals surface area contributed by atoms with Gasteiger partial charge >= 0.3 is 0 Å². The SMILES string of the molecule is Fc1cccc2cnc(CC3CCNCC3)nc12. The molecule has 2 aromatic rings. The third kappa shape index (κ3) is 2.34. The molecule has 0 spiro atoms. The van der Waals surface area contributed by atoms with Gasteiger partial charge in [0.1, 0.15) is 17.2 Å². The van der Waals surface area contributed by atoms with Gasteiger partial charge in [-0.2, -0.15) is 0 Å². The molecule has 0 radical (unpaired) electrons. The van der Waals surface area contributed by atoms with E-state index in [1.165, 1.54) is 6.07 Å². The third-order valence-electron chi connectivity index (χ3n) is 3.54. The summed E-state index contributed by atoms with van der Waals surface area (Å²) in [5, 5.41) is 4.11. The van der Waals surface area contributed by atoms with Crippen molar-refractivity contribution in [1.82, 2.24) is 15.3 Å². The largest absolute Gasteiger partial charge is 0.317 e. The van der Waals surface area contributed by atoms with Crippen LogP contribution < -0.4 is 5.32 Å². The minimum atomic E-state index is -0.263. The Morgan fingerprint density at radius 2 is 2.11 bits per heavy atom. The first kappa shape index (κ1) is 11.5. The van der Waals surface area contributed by atoms with E-state index in [1.807, 2.05) is 6.07 Å². The van der Waals surface area contributed by atoms with Gasteiger partial charge < -0.3 is 5.32 Å². The van der Waals surface area contributed by atoms with Crippen molar-refractivity contribution in [3.05, 3.63) is 36.0 Å². The van der Waals surface area contributed by atoms with Gasteiger partial charge in [-0.15, -0.1) is 0 Å². The molecule has 1 saturated heterocycles. The molecule has 1 aliphatic heterocycles. The number of para-hydroxylation sites is 1. The molecule has 4 heteroatoms. The summed E-state index contributed by atoms with van der Waals surface area (Å²) >= 11 is 0. The van der Waals surface area contributed by atoms with E-state index in [4.69, 9.17) is 0 Å². The summed E-state index contributed by atoms with van der Waals surface area (Å²) in [6.07, 6.45) is 4.88. The Hall–Kier alpha value is -1.55. The normalized spacial score (nSPS) is 17.2. The predicted octanol–water partition coefficient (Wildman–Crippen LogP) is 2.31. The van der Waals surface area contributed by atoms with Crippen molar-refractivity contribution >= 4 is 10.9 Å². The maximum absolute atomic E-state index is 13.6. The molecule has 1 fully saturated rings. The van der Waals surface area contributed by atoms with E-state index in [9.17, 15) is 4.39 Å². The molecule has 1 aliphatic rings. The molecule has 1 N–H and O–H groups in total. The fraction of sp³-hybridized carbons (Fsp3) is 0.429. The fourth-order valence-corrected chi connectivity index (χ4v) is 2.50. The van der Waals surface area contributed by atoms with Crippen molar-refractivity contribution < 1.29 is 4.39 Å². The minimum Gasteiger partial charge on any atom is -0.317 e. The number of aromatic nitrogens is 2. The molecule has 3 nitrogen and oxygen atoms in total. The molecule has 1 aromatic heterocycles. The van der Waals surface area contributed by atoms with Crippen molar-refractivity contribution in [2.24, 2.45) is 5.92 Å². The number of nitrogens with zero attached hydrogens (tertiary/aromatic N) is 2. The number of benzene rings is 1. The molecule has 0 bridgehead atoms. The lowest BCUT2D eigenvalue weighted by Gasteiger charge is -2.21. The summed E-state index contributed by atoms with van der Waals surface area (Å²) < 4.78 is 13.6. The molecule has 2 heterocycles. The van der Waals surface area contributed by atoms with Crippen LogP contribution in [0, 0.1) is 11.7 Å². The van der Waals surface area contributed by atoms with Gasteiger partial charge in [0.2, 0.25) is 0 Å². The van der Waals surface area contributed by atoms with Crippen LogP contribution in [-0.2, 0) is 6.42 Å². The third-order valence-corrected chi connectivity index (χ3v) is 3.54. The topological polar surface area (TPSA) is 37.8 Å². The van der Waals surface area contributed by atoms with Crippen LogP contribution in [0.15, 0.2) is 24.4 Å². The van der Waals surface area contributed by atoms with Gasteiger partial charge in [-0.25, -0.2) is 14.4 Å². The Labute approximate surface area is 105 Å². The van der Waals surface area contributed by atoms with Crippen LogP contribution in [0.4, 0.5) is 4.39 Å². The van der Waals surface area contributed by atoms with Crippen LogP contribution in [0.2, 0.25) is 0 Å². The Morgan fingerprint density at radius 1 is 1.28 bits per heavy atom. The lowest BCUT2D eigenvalue weighted by molar-refractivity contribution is 0.367. The second kappa shape index (κ2) is 4.98. The molecule has 3 rings (SSSR count). The molecule has 0 aliphatic carbocycles. The summed E-state index contributed by atoms with van der Waals surface area (Å²) in [5.41, 5.74) is 0.441. The van der Waals surface area contributed by atoms with E-state index in [1.54, 1.807) is 12.3 Å². The molecule has 0 amide bonds. The van der Waals surface area contributed by atoms with Gasteiger partial charge in [0.05, 0.1) is 0 Å². The lowest BCUT2D eigenvalue weighted by Crippen LogP contribution is -2.29. The number of rotatable bonds is 2. The van der Waals surface area contributed by atoms with E-state index < -0.39 is 0 Å².